The van der Waals surface area contributed by atoms with Gasteiger partial charge in [-0.15, -0.1) is 0 Å². The average molecular weight is 245 g/mol. The van der Waals surface area contributed by atoms with Gasteiger partial charge in [-0.25, -0.2) is 0 Å². The molecule has 0 amide bonds. The van der Waals surface area contributed by atoms with Crippen molar-refractivity contribution in [1.29, 1.82) is 0 Å². The van der Waals surface area contributed by atoms with Gasteiger partial charge in [0.1, 0.15) is 0 Å². The van der Waals surface area contributed by atoms with Crippen LogP contribution in [0.15, 0.2) is 12.4 Å². The van der Waals surface area contributed by atoms with E-state index >= 15 is 0 Å². The second kappa shape index (κ2) is 3.62. The minimum atomic E-state index is 0.198. The maximum atomic E-state index is 6.13. The Bertz CT molecular complexity index is 370. The highest BCUT2D eigenvalue weighted by molar-refractivity contribution is 6.36. The standard InChI is InChI=1S/C11H14Cl2N2/c1-11(2)6(3-14)10(11)9-7(12)4-15-5-8(9)13/h4-6,10H,3,14H2,1-2H3/t6-,10+/m1/s1. The number of hydrogen-bond acceptors (Lipinski definition) is 2. The first-order chi connectivity index (χ1) is 7.00. The summed E-state index contributed by atoms with van der Waals surface area (Å²) in [5, 5.41) is 1.30. The highest BCUT2D eigenvalue weighted by Crippen LogP contribution is 2.65. The van der Waals surface area contributed by atoms with Crippen molar-refractivity contribution in [3.63, 3.8) is 0 Å². The van der Waals surface area contributed by atoms with Crippen LogP contribution in [0.3, 0.4) is 0 Å². The third-order valence-corrected chi connectivity index (χ3v) is 4.11. The second-order valence-corrected chi connectivity index (χ2v) is 5.47. The number of hydrogen-bond donors (Lipinski definition) is 1. The largest absolute Gasteiger partial charge is 0.330 e. The smallest absolute Gasteiger partial charge is 0.0639 e. The maximum Gasteiger partial charge on any atom is 0.0639 e. The van der Waals surface area contributed by atoms with Gasteiger partial charge in [0, 0.05) is 12.4 Å². The van der Waals surface area contributed by atoms with Gasteiger partial charge in [-0.2, -0.15) is 0 Å². The quantitative estimate of drug-likeness (QED) is 0.869. The molecule has 2 nitrogen and oxygen atoms in total. The van der Waals surface area contributed by atoms with Crippen molar-refractivity contribution in [3.05, 3.63) is 28.0 Å². The number of rotatable bonds is 2. The Hall–Kier alpha value is -0.310. The van der Waals surface area contributed by atoms with E-state index in [1.807, 2.05) is 0 Å². The first-order valence-electron chi connectivity index (χ1n) is 4.99. The molecule has 1 aromatic heterocycles. The van der Waals surface area contributed by atoms with Crippen molar-refractivity contribution in [2.45, 2.75) is 19.8 Å². The number of aromatic nitrogens is 1. The van der Waals surface area contributed by atoms with Gasteiger partial charge in [-0.05, 0) is 29.4 Å². The van der Waals surface area contributed by atoms with Crippen molar-refractivity contribution in [3.8, 4) is 0 Å². The van der Waals surface area contributed by atoms with E-state index in [1.54, 1.807) is 12.4 Å². The second-order valence-electron chi connectivity index (χ2n) is 4.66. The molecule has 1 aromatic rings. The van der Waals surface area contributed by atoms with Crippen molar-refractivity contribution in [2.24, 2.45) is 17.1 Å². The zero-order chi connectivity index (χ0) is 11.2. The van der Waals surface area contributed by atoms with Crippen LogP contribution >= 0.6 is 23.2 Å². The van der Waals surface area contributed by atoms with E-state index < -0.39 is 0 Å². The van der Waals surface area contributed by atoms with Crippen molar-refractivity contribution < 1.29 is 0 Å². The number of nitrogens with two attached hydrogens (primary N) is 1. The van der Waals surface area contributed by atoms with Crippen LogP contribution in [-0.2, 0) is 0 Å². The molecular formula is C11H14Cl2N2. The molecule has 4 heteroatoms. The lowest BCUT2D eigenvalue weighted by Gasteiger charge is -2.07. The molecule has 0 spiro atoms. The topological polar surface area (TPSA) is 38.9 Å². The summed E-state index contributed by atoms with van der Waals surface area (Å²) < 4.78 is 0. The van der Waals surface area contributed by atoms with Crippen molar-refractivity contribution in [2.75, 3.05) is 6.54 Å². The van der Waals surface area contributed by atoms with E-state index in [1.165, 1.54) is 0 Å². The highest BCUT2D eigenvalue weighted by Gasteiger charge is 2.58. The minimum absolute atomic E-state index is 0.198. The third kappa shape index (κ3) is 1.65. The van der Waals surface area contributed by atoms with Crippen LogP contribution in [0.5, 0.6) is 0 Å². The van der Waals surface area contributed by atoms with Crippen LogP contribution < -0.4 is 5.73 Å². The summed E-state index contributed by atoms with van der Waals surface area (Å²) in [6, 6.07) is 0. The van der Waals surface area contributed by atoms with Crippen LogP contribution in [-0.4, -0.2) is 11.5 Å². The highest BCUT2D eigenvalue weighted by atomic mass is 35.5. The summed E-state index contributed by atoms with van der Waals surface area (Å²) in [6.45, 7) is 5.07. The van der Waals surface area contributed by atoms with Gasteiger partial charge in [0.05, 0.1) is 10.0 Å². The summed E-state index contributed by atoms with van der Waals surface area (Å²) in [7, 11) is 0. The van der Waals surface area contributed by atoms with Crippen LogP contribution in [0.2, 0.25) is 10.0 Å². The SMILES string of the molecule is CC1(C)[C@H](CN)[C@H]1c1c(Cl)cncc1Cl. The van der Waals surface area contributed by atoms with Gasteiger partial charge in [0.25, 0.3) is 0 Å². The lowest BCUT2D eigenvalue weighted by atomic mass is 10.0. The van der Waals surface area contributed by atoms with Crippen molar-refractivity contribution >= 4 is 23.2 Å². The summed E-state index contributed by atoms with van der Waals surface area (Å²) >= 11 is 12.3. The summed E-state index contributed by atoms with van der Waals surface area (Å²) in [5.74, 6) is 0.834. The monoisotopic (exact) mass is 244 g/mol. The van der Waals surface area contributed by atoms with Gasteiger partial charge < -0.3 is 5.73 Å². The molecule has 2 atom stereocenters. The number of nitrogens with zero attached hydrogens (tertiary/aromatic N) is 1. The lowest BCUT2D eigenvalue weighted by Crippen LogP contribution is -2.05. The first-order valence-corrected chi connectivity index (χ1v) is 5.74. The van der Waals surface area contributed by atoms with E-state index in [0.29, 0.717) is 28.4 Å². The molecule has 2 N–H and O–H groups in total. The van der Waals surface area contributed by atoms with E-state index in [4.69, 9.17) is 28.9 Å². The predicted octanol–water partition coefficient (Wildman–Crippen LogP) is 3.09. The lowest BCUT2D eigenvalue weighted by molar-refractivity contribution is 0.558. The van der Waals surface area contributed by atoms with E-state index in [9.17, 15) is 0 Å². The van der Waals surface area contributed by atoms with E-state index in [0.717, 1.165) is 5.56 Å². The Labute approximate surface area is 99.8 Å². The van der Waals surface area contributed by atoms with Crippen LogP contribution in [0, 0.1) is 11.3 Å². The molecule has 15 heavy (non-hydrogen) atoms. The molecule has 82 valence electrons. The predicted molar refractivity (Wildman–Crippen MR) is 63.3 cm³/mol. The zero-order valence-electron chi connectivity index (χ0n) is 8.80. The molecule has 0 saturated heterocycles. The van der Waals surface area contributed by atoms with Gasteiger partial charge >= 0.3 is 0 Å². The average Bonchev–Trinajstić information content (AvgIpc) is 2.68. The van der Waals surface area contributed by atoms with Gasteiger partial charge in [0.15, 0.2) is 0 Å². The summed E-state index contributed by atoms with van der Waals surface area (Å²) in [6.07, 6.45) is 3.29. The van der Waals surface area contributed by atoms with E-state index in [-0.39, 0.29) is 5.41 Å². The van der Waals surface area contributed by atoms with Crippen molar-refractivity contribution in [1.82, 2.24) is 4.98 Å². The Balaban J connectivity index is 2.41. The molecule has 0 unspecified atom stereocenters. The minimum Gasteiger partial charge on any atom is -0.330 e. The molecular weight excluding hydrogens is 231 g/mol. The molecule has 0 aliphatic heterocycles. The molecule has 1 fully saturated rings. The van der Waals surface area contributed by atoms with Gasteiger partial charge in [0.2, 0.25) is 0 Å². The normalized spacial score (nSPS) is 27.8. The van der Waals surface area contributed by atoms with Gasteiger partial charge in [-0.3, -0.25) is 4.98 Å². The Kier molecular flexibility index (Phi) is 2.70. The Morgan fingerprint density at radius 2 is 1.87 bits per heavy atom. The fourth-order valence-electron chi connectivity index (χ4n) is 2.48. The summed E-state index contributed by atoms with van der Waals surface area (Å²) in [4.78, 5) is 3.96. The van der Waals surface area contributed by atoms with Gasteiger partial charge in [-0.1, -0.05) is 37.0 Å². The molecule has 1 saturated carbocycles. The van der Waals surface area contributed by atoms with Crippen LogP contribution in [0.4, 0.5) is 0 Å². The third-order valence-electron chi connectivity index (χ3n) is 3.51. The Morgan fingerprint density at radius 3 is 2.27 bits per heavy atom. The molecule has 2 rings (SSSR count). The molecule has 1 aliphatic rings. The molecule has 0 bridgehead atoms. The number of halogens is 2. The van der Waals surface area contributed by atoms with Crippen LogP contribution in [0.25, 0.3) is 0 Å². The zero-order valence-corrected chi connectivity index (χ0v) is 10.3. The molecule has 1 aliphatic carbocycles. The maximum absolute atomic E-state index is 6.13. The first kappa shape index (κ1) is 11.2. The fraction of sp³-hybridized carbons (Fsp3) is 0.545. The Morgan fingerprint density at radius 1 is 1.33 bits per heavy atom. The summed E-state index contributed by atoms with van der Waals surface area (Å²) in [5.41, 5.74) is 6.94. The molecule has 0 radical (unpaired) electrons. The molecule has 0 aromatic carbocycles. The van der Waals surface area contributed by atoms with E-state index in [2.05, 4.69) is 18.8 Å². The fourth-order valence-corrected chi connectivity index (χ4v) is 3.08. The van der Waals surface area contributed by atoms with Crippen LogP contribution in [0.1, 0.15) is 25.3 Å². The molecule has 1 heterocycles. The number of pyridine rings is 1.